The van der Waals surface area contributed by atoms with Crippen molar-refractivity contribution < 1.29 is 0 Å². The van der Waals surface area contributed by atoms with E-state index in [0.717, 1.165) is 11.8 Å². The molecule has 2 unspecified atom stereocenters. The molecule has 0 fully saturated rings. The summed E-state index contributed by atoms with van der Waals surface area (Å²) in [6.07, 6.45) is 11.9. The summed E-state index contributed by atoms with van der Waals surface area (Å²) in [4.78, 5) is 0. The molecular formula is C16H38Br2P2. The second kappa shape index (κ2) is 17.2. The minimum absolute atomic E-state index is 0. The molecule has 0 aliphatic heterocycles. The fourth-order valence-corrected chi connectivity index (χ4v) is 6.73. The van der Waals surface area contributed by atoms with Crippen LogP contribution in [0.2, 0.25) is 0 Å². The number of hydrogen-bond acceptors (Lipinski definition) is 0. The van der Waals surface area contributed by atoms with Gasteiger partial charge in [0.25, 0.3) is 0 Å². The third-order valence-electron chi connectivity index (χ3n) is 3.51. The second-order valence-corrected chi connectivity index (χ2v) is 11.9. The molecule has 0 aromatic carbocycles. The maximum atomic E-state index is 2.52. The Morgan fingerprint density at radius 3 is 1.15 bits per heavy atom. The predicted molar refractivity (Wildman–Crippen MR) is 114 cm³/mol. The first-order chi connectivity index (χ1) is 8.41. The van der Waals surface area contributed by atoms with Gasteiger partial charge in [0.2, 0.25) is 0 Å². The Kier molecular flexibility index (Phi) is 22.9. The van der Waals surface area contributed by atoms with Crippen LogP contribution in [0.1, 0.15) is 53.4 Å². The lowest BCUT2D eigenvalue weighted by molar-refractivity contribution is 0.578. The van der Waals surface area contributed by atoms with Gasteiger partial charge in [-0.2, -0.15) is 0 Å². The van der Waals surface area contributed by atoms with Crippen molar-refractivity contribution in [2.45, 2.75) is 53.4 Å². The Morgan fingerprint density at radius 1 is 0.600 bits per heavy atom. The van der Waals surface area contributed by atoms with E-state index < -0.39 is 0 Å². The molecule has 0 saturated carbocycles. The molecule has 4 heteroatoms. The van der Waals surface area contributed by atoms with Gasteiger partial charge in [-0.25, -0.2) is 0 Å². The van der Waals surface area contributed by atoms with Crippen molar-refractivity contribution in [2.24, 2.45) is 11.8 Å². The van der Waals surface area contributed by atoms with E-state index in [1.807, 2.05) is 0 Å². The molecule has 0 spiro atoms. The van der Waals surface area contributed by atoms with E-state index in [0.29, 0.717) is 15.8 Å². The summed E-state index contributed by atoms with van der Waals surface area (Å²) in [6.45, 7) is 14.4. The molecule has 0 aromatic rings. The van der Waals surface area contributed by atoms with Crippen molar-refractivity contribution in [3.05, 3.63) is 0 Å². The van der Waals surface area contributed by atoms with Crippen LogP contribution < -0.4 is 0 Å². The summed E-state index contributed by atoms with van der Waals surface area (Å²) in [5.74, 6) is 1.79. The average molecular weight is 452 g/mol. The van der Waals surface area contributed by atoms with Gasteiger partial charge in [0.1, 0.15) is 0 Å². The molecule has 0 amide bonds. The normalized spacial score (nSPS) is 13.8. The van der Waals surface area contributed by atoms with Crippen LogP contribution in [0, 0.1) is 11.8 Å². The number of halogens is 2. The second-order valence-electron chi connectivity index (χ2n) is 6.68. The van der Waals surface area contributed by atoms with Crippen LogP contribution in [-0.4, -0.2) is 38.0 Å². The van der Waals surface area contributed by atoms with Gasteiger partial charge >= 0.3 is 0 Å². The Bertz CT molecular complexity index is 167. The highest BCUT2D eigenvalue weighted by molar-refractivity contribution is 8.93. The van der Waals surface area contributed by atoms with Crippen LogP contribution in [0.4, 0.5) is 0 Å². The molecule has 2 atom stereocenters. The van der Waals surface area contributed by atoms with Crippen molar-refractivity contribution >= 4 is 49.8 Å². The number of hydrogen-bond donors (Lipinski definition) is 0. The van der Waals surface area contributed by atoms with E-state index in [9.17, 15) is 0 Å². The summed E-state index contributed by atoms with van der Waals surface area (Å²) in [7, 11) is 0.690. The molecule has 0 radical (unpaired) electrons. The largest absolute Gasteiger partial charge is 0.114 e. The highest BCUT2D eigenvalue weighted by Gasteiger charge is 2.06. The van der Waals surface area contributed by atoms with Crippen LogP contribution in [0.3, 0.4) is 0 Å². The Balaban J connectivity index is -0.00000144. The lowest BCUT2D eigenvalue weighted by atomic mass is 10.1. The highest BCUT2D eigenvalue weighted by atomic mass is 79.9. The van der Waals surface area contributed by atoms with Gasteiger partial charge in [0.05, 0.1) is 0 Å². The van der Waals surface area contributed by atoms with Crippen LogP contribution in [0.5, 0.6) is 0 Å². The molecule has 0 bridgehead atoms. The third kappa shape index (κ3) is 19.8. The fraction of sp³-hybridized carbons (Fsp3) is 1.00. The SMILES string of the molecule is Br.Br.CC(C)CCCP(C)CCP(C)CCCC(C)C. The van der Waals surface area contributed by atoms with Crippen LogP contribution in [-0.2, 0) is 0 Å². The predicted octanol–water partition coefficient (Wildman–Crippen LogP) is 7.24. The van der Waals surface area contributed by atoms with Gasteiger partial charge in [-0.05, 0) is 62.7 Å². The quantitative estimate of drug-likeness (QED) is 0.290. The van der Waals surface area contributed by atoms with Crippen LogP contribution in [0.25, 0.3) is 0 Å². The summed E-state index contributed by atoms with van der Waals surface area (Å²) in [5.41, 5.74) is 0. The van der Waals surface area contributed by atoms with Gasteiger partial charge in [0, 0.05) is 0 Å². The Labute approximate surface area is 152 Å². The van der Waals surface area contributed by atoms with Gasteiger partial charge in [-0.3, -0.25) is 0 Å². The monoisotopic (exact) mass is 450 g/mol. The molecule has 126 valence electrons. The summed E-state index contributed by atoms with van der Waals surface area (Å²) < 4.78 is 0. The van der Waals surface area contributed by atoms with Crippen molar-refractivity contribution in [1.29, 1.82) is 0 Å². The van der Waals surface area contributed by atoms with Crippen LogP contribution >= 0.6 is 49.8 Å². The van der Waals surface area contributed by atoms with Crippen molar-refractivity contribution in [1.82, 2.24) is 0 Å². The van der Waals surface area contributed by atoms with Crippen molar-refractivity contribution in [3.8, 4) is 0 Å². The van der Waals surface area contributed by atoms with E-state index in [1.54, 1.807) is 0 Å². The van der Waals surface area contributed by atoms with Gasteiger partial charge in [0.15, 0.2) is 0 Å². The van der Waals surface area contributed by atoms with Gasteiger partial charge in [-0.1, -0.05) is 40.5 Å². The maximum Gasteiger partial charge on any atom is -0.0289 e. The molecule has 0 rings (SSSR count). The molecule has 20 heavy (non-hydrogen) atoms. The van der Waals surface area contributed by atoms with E-state index in [4.69, 9.17) is 0 Å². The summed E-state index contributed by atoms with van der Waals surface area (Å²) in [5, 5.41) is 0. The molecule has 0 aromatic heterocycles. The number of rotatable bonds is 11. The molecule has 0 N–H and O–H groups in total. The molecule has 0 saturated heterocycles. The zero-order valence-corrected chi connectivity index (χ0v) is 19.7. The standard InChI is InChI=1S/C16H36P2.2BrH/c1-15(2)9-7-11-17(5)13-14-18(6)12-8-10-16(3)4;;/h15-16H,7-14H2,1-6H3;2*1H. The van der Waals surface area contributed by atoms with Gasteiger partial charge < -0.3 is 0 Å². The molecular weight excluding hydrogens is 414 g/mol. The van der Waals surface area contributed by atoms with Crippen LogP contribution in [0.15, 0.2) is 0 Å². The minimum Gasteiger partial charge on any atom is -0.114 e. The fourth-order valence-electron chi connectivity index (χ4n) is 2.10. The summed E-state index contributed by atoms with van der Waals surface area (Å²) in [6, 6.07) is 0. The molecule has 0 aliphatic rings. The first kappa shape index (κ1) is 26.7. The summed E-state index contributed by atoms with van der Waals surface area (Å²) >= 11 is 0. The van der Waals surface area contributed by atoms with Crippen molar-refractivity contribution in [3.63, 3.8) is 0 Å². The molecule has 0 nitrogen and oxygen atoms in total. The zero-order valence-electron chi connectivity index (χ0n) is 14.5. The first-order valence-electron chi connectivity index (χ1n) is 7.79. The first-order valence-corrected chi connectivity index (χ1v) is 12.1. The smallest absolute Gasteiger partial charge is 0.0289 e. The molecule has 0 aliphatic carbocycles. The lowest BCUT2D eigenvalue weighted by Gasteiger charge is -2.17. The minimum atomic E-state index is 0. The third-order valence-corrected chi connectivity index (χ3v) is 7.99. The maximum absolute atomic E-state index is 2.52. The van der Waals surface area contributed by atoms with E-state index in [1.165, 1.54) is 50.3 Å². The van der Waals surface area contributed by atoms with E-state index in [2.05, 4.69) is 41.0 Å². The lowest BCUT2D eigenvalue weighted by Crippen LogP contribution is -1.98. The highest BCUT2D eigenvalue weighted by Crippen LogP contribution is 2.39. The topological polar surface area (TPSA) is 0 Å². The van der Waals surface area contributed by atoms with Crippen molar-refractivity contribution in [2.75, 3.05) is 38.0 Å². The zero-order chi connectivity index (χ0) is 14.0. The Morgan fingerprint density at radius 2 is 0.900 bits per heavy atom. The Hall–Kier alpha value is 1.82. The van der Waals surface area contributed by atoms with Gasteiger partial charge in [-0.15, -0.1) is 49.8 Å². The molecule has 0 heterocycles. The van der Waals surface area contributed by atoms with E-state index >= 15 is 0 Å². The average Bonchev–Trinajstić information content (AvgIpc) is 2.25. The van der Waals surface area contributed by atoms with E-state index in [-0.39, 0.29) is 34.0 Å².